The Morgan fingerprint density at radius 2 is 1.88 bits per heavy atom. The minimum atomic E-state index is -1.16. The van der Waals surface area contributed by atoms with Crippen molar-refractivity contribution in [3.05, 3.63) is 29.8 Å². The minimum Gasteiger partial charge on any atom is -0.494 e. The topological polar surface area (TPSA) is 97.7 Å². The van der Waals surface area contributed by atoms with Crippen LogP contribution in [0.15, 0.2) is 29.3 Å². The van der Waals surface area contributed by atoms with E-state index in [2.05, 4.69) is 0 Å². The van der Waals surface area contributed by atoms with Crippen LogP contribution in [0.4, 0.5) is 0 Å². The molecule has 0 aliphatic carbocycles. The zero-order chi connectivity index (χ0) is 24.1. The molecule has 0 bridgehead atoms. The van der Waals surface area contributed by atoms with Gasteiger partial charge in [0.2, 0.25) is 5.90 Å². The summed E-state index contributed by atoms with van der Waals surface area (Å²) in [5.74, 6) is 0.635. The summed E-state index contributed by atoms with van der Waals surface area (Å²) in [5, 5.41) is 8.89. The van der Waals surface area contributed by atoms with Crippen molar-refractivity contribution in [3.8, 4) is 5.75 Å². The number of carbonyl (C=O) groups excluding carboxylic acids is 2. The molecule has 2 aliphatic rings. The molecular weight excluding hydrogens is 424 g/mol. The van der Waals surface area contributed by atoms with Gasteiger partial charge in [-0.3, -0.25) is 9.59 Å². The smallest absolute Gasteiger partial charge is 0.306 e. The molecule has 2 atom stereocenters. The van der Waals surface area contributed by atoms with Crippen molar-refractivity contribution in [3.63, 3.8) is 0 Å². The number of benzene rings is 1. The molecule has 0 unspecified atom stereocenters. The SMILES string of the molecule is C[C@H]1OC(c2ccc(OCCCO)cc2)=N[C@@]1(CCC(=O)OC(C)(C)C)C(=O)N1CCCC1. The first-order valence-corrected chi connectivity index (χ1v) is 11.8. The lowest BCUT2D eigenvalue weighted by Gasteiger charge is -2.32. The fourth-order valence-electron chi connectivity index (χ4n) is 4.11. The summed E-state index contributed by atoms with van der Waals surface area (Å²) in [7, 11) is 0. The highest BCUT2D eigenvalue weighted by molar-refractivity contribution is 6.01. The fourth-order valence-corrected chi connectivity index (χ4v) is 4.11. The standard InChI is InChI=1S/C25H36N2O6/c1-18-25(23(30)27-14-5-6-15-27,13-12-21(29)33-24(2,3)4)26-22(32-18)19-8-10-20(11-9-19)31-17-7-16-28/h8-11,18,28H,5-7,12-17H2,1-4H3/t18-,25-/m1/s1. The highest BCUT2D eigenvalue weighted by Crippen LogP contribution is 2.36. The van der Waals surface area contributed by atoms with Crippen molar-refractivity contribution in [2.24, 2.45) is 4.99 Å². The Morgan fingerprint density at radius 3 is 2.48 bits per heavy atom. The van der Waals surface area contributed by atoms with Crippen LogP contribution < -0.4 is 4.74 Å². The number of carbonyl (C=O) groups is 2. The molecule has 1 aromatic carbocycles. The monoisotopic (exact) mass is 460 g/mol. The van der Waals surface area contributed by atoms with Gasteiger partial charge in [-0.2, -0.15) is 0 Å². The van der Waals surface area contributed by atoms with Crippen molar-refractivity contribution in [2.75, 3.05) is 26.3 Å². The van der Waals surface area contributed by atoms with Gasteiger partial charge in [0, 0.05) is 38.1 Å². The number of esters is 1. The number of rotatable bonds is 9. The van der Waals surface area contributed by atoms with Crippen LogP contribution in [0, 0.1) is 0 Å². The van der Waals surface area contributed by atoms with Gasteiger partial charge in [-0.25, -0.2) is 4.99 Å². The summed E-state index contributed by atoms with van der Waals surface area (Å²) >= 11 is 0. The minimum absolute atomic E-state index is 0.0804. The molecule has 1 amide bonds. The Kier molecular flexibility index (Phi) is 8.00. The van der Waals surface area contributed by atoms with Gasteiger partial charge in [-0.05, 0) is 71.2 Å². The number of ether oxygens (including phenoxy) is 3. The van der Waals surface area contributed by atoms with Gasteiger partial charge in [0.15, 0.2) is 5.54 Å². The molecule has 0 aromatic heterocycles. The Balaban J connectivity index is 1.82. The van der Waals surface area contributed by atoms with Crippen LogP contribution in [0.1, 0.15) is 65.4 Å². The highest BCUT2D eigenvalue weighted by Gasteiger charge is 2.52. The average Bonchev–Trinajstić information content (AvgIpc) is 3.40. The van der Waals surface area contributed by atoms with Crippen LogP contribution >= 0.6 is 0 Å². The predicted molar refractivity (Wildman–Crippen MR) is 124 cm³/mol. The van der Waals surface area contributed by atoms with Gasteiger partial charge in [-0.1, -0.05) is 0 Å². The fraction of sp³-hybridized carbons (Fsp3) is 0.640. The first kappa shape index (κ1) is 25.0. The summed E-state index contributed by atoms with van der Waals surface area (Å²) < 4.78 is 17.1. The van der Waals surface area contributed by atoms with Gasteiger partial charge in [0.25, 0.3) is 5.91 Å². The number of aliphatic imine (C=N–C) groups is 1. The lowest BCUT2D eigenvalue weighted by atomic mass is 9.87. The third-order valence-corrected chi connectivity index (χ3v) is 5.83. The van der Waals surface area contributed by atoms with Crippen LogP contribution in [0.25, 0.3) is 0 Å². The molecule has 1 N–H and O–H groups in total. The second kappa shape index (κ2) is 10.5. The molecule has 182 valence electrons. The van der Waals surface area contributed by atoms with Crippen LogP contribution in [0.2, 0.25) is 0 Å². The van der Waals surface area contributed by atoms with E-state index in [9.17, 15) is 9.59 Å². The number of likely N-dealkylation sites (tertiary alicyclic amines) is 1. The van der Waals surface area contributed by atoms with Crippen LogP contribution in [0.5, 0.6) is 5.75 Å². The second-order valence-corrected chi connectivity index (χ2v) is 9.64. The van der Waals surface area contributed by atoms with E-state index in [4.69, 9.17) is 24.3 Å². The zero-order valence-corrected chi connectivity index (χ0v) is 20.1. The molecule has 0 saturated carbocycles. The maximum Gasteiger partial charge on any atom is 0.306 e. The molecular formula is C25H36N2O6. The molecule has 0 radical (unpaired) electrons. The Hall–Kier alpha value is -2.61. The number of aliphatic hydroxyl groups is 1. The van der Waals surface area contributed by atoms with Crippen LogP contribution in [-0.4, -0.2) is 71.3 Å². The van der Waals surface area contributed by atoms with E-state index in [0.29, 0.717) is 37.8 Å². The van der Waals surface area contributed by atoms with Crippen LogP contribution in [0.3, 0.4) is 0 Å². The summed E-state index contributed by atoms with van der Waals surface area (Å²) in [4.78, 5) is 32.7. The number of hydrogen-bond donors (Lipinski definition) is 1. The van der Waals surface area contributed by atoms with E-state index in [-0.39, 0.29) is 31.3 Å². The maximum absolute atomic E-state index is 13.6. The third kappa shape index (κ3) is 6.25. The van der Waals surface area contributed by atoms with Crippen molar-refractivity contribution >= 4 is 17.8 Å². The molecule has 3 rings (SSSR count). The molecule has 2 aliphatic heterocycles. The van der Waals surface area contributed by atoms with Gasteiger partial charge in [-0.15, -0.1) is 0 Å². The van der Waals surface area contributed by atoms with Crippen molar-refractivity contribution in [2.45, 2.75) is 77.0 Å². The lowest BCUT2D eigenvalue weighted by Crippen LogP contribution is -2.52. The molecule has 0 spiro atoms. The van der Waals surface area contributed by atoms with E-state index in [1.165, 1.54) is 0 Å². The molecule has 33 heavy (non-hydrogen) atoms. The average molecular weight is 461 g/mol. The summed E-state index contributed by atoms with van der Waals surface area (Å²) in [6.07, 6.45) is 2.30. The highest BCUT2D eigenvalue weighted by atomic mass is 16.6. The molecule has 1 saturated heterocycles. The molecule has 1 aromatic rings. The second-order valence-electron chi connectivity index (χ2n) is 9.64. The number of nitrogens with zero attached hydrogens (tertiary/aromatic N) is 2. The van der Waals surface area contributed by atoms with E-state index in [1.54, 1.807) is 0 Å². The number of amides is 1. The van der Waals surface area contributed by atoms with E-state index in [1.807, 2.05) is 56.9 Å². The first-order valence-electron chi connectivity index (χ1n) is 11.8. The zero-order valence-electron chi connectivity index (χ0n) is 20.1. The van der Waals surface area contributed by atoms with Gasteiger partial charge in [0.05, 0.1) is 6.61 Å². The lowest BCUT2D eigenvalue weighted by molar-refractivity contribution is -0.155. The third-order valence-electron chi connectivity index (χ3n) is 5.83. The van der Waals surface area contributed by atoms with Gasteiger partial charge >= 0.3 is 5.97 Å². The predicted octanol–water partition coefficient (Wildman–Crippen LogP) is 3.10. The van der Waals surface area contributed by atoms with E-state index < -0.39 is 17.2 Å². The van der Waals surface area contributed by atoms with E-state index in [0.717, 1.165) is 18.4 Å². The Labute approximate surface area is 195 Å². The Bertz CT molecular complexity index is 855. The van der Waals surface area contributed by atoms with Crippen molar-refractivity contribution < 1.29 is 28.9 Å². The molecule has 8 heteroatoms. The maximum atomic E-state index is 13.6. The van der Waals surface area contributed by atoms with Crippen molar-refractivity contribution in [1.82, 2.24) is 4.90 Å². The summed E-state index contributed by atoms with van der Waals surface area (Å²) in [6.45, 7) is 9.22. The van der Waals surface area contributed by atoms with Crippen molar-refractivity contribution in [1.29, 1.82) is 0 Å². The Morgan fingerprint density at radius 1 is 1.21 bits per heavy atom. The number of aliphatic hydroxyl groups excluding tert-OH is 1. The van der Waals surface area contributed by atoms with Gasteiger partial charge in [0.1, 0.15) is 17.5 Å². The molecule has 2 heterocycles. The summed E-state index contributed by atoms with van der Waals surface area (Å²) in [6, 6.07) is 7.30. The molecule has 8 nitrogen and oxygen atoms in total. The normalized spacial score (nSPS) is 22.6. The van der Waals surface area contributed by atoms with Gasteiger partial charge < -0.3 is 24.2 Å². The quantitative estimate of drug-likeness (QED) is 0.449. The largest absolute Gasteiger partial charge is 0.494 e. The molecule has 1 fully saturated rings. The number of hydrogen-bond acceptors (Lipinski definition) is 7. The van der Waals surface area contributed by atoms with E-state index >= 15 is 0 Å². The first-order chi connectivity index (χ1) is 15.6. The summed E-state index contributed by atoms with van der Waals surface area (Å²) in [5.41, 5.74) is -1.01. The van der Waals surface area contributed by atoms with Crippen LogP contribution in [-0.2, 0) is 19.1 Å².